The first-order valence-corrected chi connectivity index (χ1v) is 10.2. The molecule has 0 bridgehead atoms. The van der Waals surface area contributed by atoms with E-state index in [2.05, 4.69) is 21.8 Å². The third-order valence-corrected chi connectivity index (χ3v) is 5.86. The average Bonchev–Trinajstić information content (AvgIpc) is 3.21. The standard InChI is InChI=1S/C21H26N4O3/c26-21(23-17-3-1-2-15-7-10-27-13-16(15)17)24-18-8-11-28-20(18)19-6-9-22-25(19)12-14-4-5-14/h1-3,6,9,14,18,20H,4-5,7-8,10-13H2,(H2,23,24,26)/t18-,20-/m0/s1. The van der Waals surface area contributed by atoms with Crippen molar-refractivity contribution in [3.8, 4) is 0 Å². The van der Waals surface area contributed by atoms with Crippen LogP contribution >= 0.6 is 0 Å². The van der Waals surface area contributed by atoms with Crippen molar-refractivity contribution in [1.82, 2.24) is 15.1 Å². The Morgan fingerprint density at radius 1 is 1.21 bits per heavy atom. The van der Waals surface area contributed by atoms with Crippen molar-refractivity contribution in [2.24, 2.45) is 5.92 Å². The van der Waals surface area contributed by atoms with Gasteiger partial charge in [0.2, 0.25) is 0 Å². The molecule has 1 saturated heterocycles. The van der Waals surface area contributed by atoms with Crippen LogP contribution in [0.15, 0.2) is 30.5 Å². The summed E-state index contributed by atoms with van der Waals surface area (Å²) in [5, 5.41) is 10.6. The average molecular weight is 382 g/mol. The number of ether oxygens (including phenoxy) is 2. The zero-order valence-corrected chi connectivity index (χ0v) is 15.9. The number of anilines is 1. The lowest BCUT2D eigenvalue weighted by atomic mass is 10.0. The van der Waals surface area contributed by atoms with E-state index in [9.17, 15) is 4.79 Å². The van der Waals surface area contributed by atoms with Crippen LogP contribution in [0.5, 0.6) is 0 Å². The third kappa shape index (κ3) is 3.64. The van der Waals surface area contributed by atoms with Gasteiger partial charge in [-0.3, -0.25) is 4.68 Å². The van der Waals surface area contributed by atoms with E-state index >= 15 is 0 Å². The number of hydrogen-bond donors (Lipinski definition) is 2. The second-order valence-electron chi connectivity index (χ2n) is 7.91. The molecule has 0 radical (unpaired) electrons. The number of benzene rings is 1. The first kappa shape index (κ1) is 17.7. The fourth-order valence-corrected chi connectivity index (χ4v) is 4.15. The minimum absolute atomic E-state index is 0.0644. The molecule has 1 saturated carbocycles. The van der Waals surface area contributed by atoms with Gasteiger partial charge < -0.3 is 20.1 Å². The van der Waals surface area contributed by atoms with Gasteiger partial charge in [0.1, 0.15) is 6.10 Å². The number of urea groups is 1. The summed E-state index contributed by atoms with van der Waals surface area (Å²) in [6, 6.07) is 7.76. The molecule has 7 heteroatoms. The quantitative estimate of drug-likeness (QED) is 0.833. The first-order valence-electron chi connectivity index (χ1n) is 10.2. The number of amides is 2. The van der Waals surface area contributed by atoms with E-state index in [0.29, 0.717) is 13.2 Å². The SMILES string of the molecule is O=C(Nc1cccc2c1COCC2)N[C@H]1CCO[C@@H]1c1ccnn1CC1CC1. The monoisotopic (exact) mass is 382 g/mol. The van der Waals surface area contributed by atoms with Gasteiger partial charge in [0.05, 0.1) is 24.9 Å². The topological polar surface area (TPSA) is 77.4 Å². The van der Waals surface area contributed by atoms with E-state index in [1.54, 1.807) is 0 Å². The van der Waals surface area contributed by atoms with Crippen molar-refractivity contribution in [2.45, 2.75) is 51.0 Å². The summed E-state index contributed by atoms with van der Waals surface area (Å²) in [5.74, 6) is 0.737. The maximum absolute atomic E-state index is 12.7. The number of carbonyl (C=O) groups excluding carboxylic acids is 1. The molecule has 0 spiro atoms. The Morgan fingerprint density at radius 3 is 3.04 bits per heavy atom. The predicted octanol–water partition coefficient (Wildman–Crippen LogP) is 3.02. The molecule has 7 nitrogen and oxygen atoms in total. The van der Waals surface area contributed by atoms with Gasteiger partial charge in [0.15, 0.2) is 0 Å². The molecule has 2 fully saturated rings. The van der Waals surface area contributed by atoms with Crippen LogP contribution in [0.2, 0.25) is 0 Å². The first-order chi connectivity index (χ1) is 13.8. The molecule has 5 rings (SSSR count). The Balaban J connectivity index is 1.27. The van der Waals surface area contributed by atoms with Crippen LogP contribution in [-0.2, 0) is 29.0 Å². The second kappa shape index (κ2) is 7.56. The highest BCUT2D eigenvalue weighted by atomic mass is 16.5. The van der Waals surface area contributed by atoms with E-state index in [1.807, 2.05) is 29.1 Å². The molecule has 1 aromatic carbocycles. The van der Waals surface area contributed by atoms with Crippen LogP contribution in [0.3, 0.4) is 0 Å². The summed E-state index contributed by atoms with van der Waals surface area (Å²) in [6.07, 6.45) is 5.91. The van der Waals surface area contributed by atoms with Gasteiger partial charge in [-0.05, 0) is 49.3 Å². The number of fused-ring (bicyclic) bond motifs is 1. The van der Waals surface area contributed by atoms with Crippen molar-refractivity contribution in [3.05, 3.63) is 47.3 Å². The molecule has 2 amide bonds. The smallest absolute Gasteiger partial charge is 0.319 e. The van der Waals surface area contributed by atoms with Gasteiger partial charge in [-0.15, -0.1) is 0 Å². The zero-order chi connectivity index (χ0) is 18.9. The van der Waals surface area contributed by atoms with Gasteiger partial charge in [-0.2, -0.15) is 5.10 Å². The zero-order valence-electron chi connectivity index (χ0n) is 15.9. The minimum Gasteiger partial charge on any atom is -0.376 e. The Kier molecular flexibility index (Phi) is 4.78. The van der Waals surface area contributed by atoms with Gasteiger partial charge in [0, 0.05) is 30.6 Å². The van der Waals surface area contributed by atoms with Crippen LogP contribution in [-0.4, -0.2) is 35.1 Å². The summed E-state index contributed by atoms with van der Waals surface area (Å²) >= 11 is 0. The largest absolute Gasteiger partial charge is 0.376 e. The molecule has 2 aliphatic heterocycles. The van der Waals surface area contributed by atoms with Crippen molar-refractivity contribution < 1.29 is 14.3 Å². The number of nitrogens with zero attached hydrogens (tertiary/aromatic N) is 2. The third-order valence-electron chi connectivity index (χ3n) is 5.86. The number of aromatic nitrogens is 2. The summed E-state index contributed by atoms with van der Waals surface area (Å²) in [5.41, 5.74) is 4.20. The number of rotatable bonds is 5. The molecule has 2 aromatic rings. The molecule has 148 valence electrons. The summed E-state index contributed by atoms with van der Waals surface area (Å²) in [7, 11) is 0. The van der Waals surface area contributed by atoms with Gasteiger partial charge >= 0.3 is 6.03 Å². The molecule has 0 unspecified atom stereocenters. The van der Waals surface area contributed by atoms with Crippen LogP contribution in [0.25, 0.3) is 0 Å². The van der Waals surface area contributed by atoms with Crippen molar-refractivity contribution in [1.29, 1.82) is 0 Å². The van der Waals surface area contributed by atoms with Gasteiger partial charge in [0.25, 0.3) is 0 Å². The Morgan fingerprint density at radius 2 is 2.14 bits per heavy atom. The lowest BCUT2D eigenvalue weighted by molar-refractivity contribution is 0.0926. The molecule has 3 heterocycles. The Hall–Kier alpha value is -2.38. The molecule has 1 aliphatic carbocycles. The van der Waals surface area contributed by atoms with E-state index in [1.165, 1.54) is 18.4 Å². The van der Waals surface area contributed by atoms with Crippen LogP contribution < -0.4 is 10.6 Å². The maximum atomic E-state index is 12.7. The van der Waals surface area contributed by atoms with Gasteiger partial charge in [-0.25, -0.2) is 4.79 Å². The Labute approximate surface area is 164 Å². The molecular formula is C21H26N4O3. The molecule has 2 atom stereocenters. The van der Waals surface area contributed by atoms with Crippen LogP contribution in [0.1, 0.15) is 42.2 Å². The lowest BCUT2D eigenvalue weighted by Gasteiger charge is -2.23. The van der Waals surface area contributed by atoms with Crippen molar-refractivity contribution in [3.63, 3.8) is 0 Å². The number of carbonyl (C=O) groups is 1. The highest BCUT2D eigenvalue weighted by molar-refractivity contribution is 5.90. The van der Waals surface area contributed by atoms with Crippen molar-refractivity contribution in [2.75, 3.05) is 18.5 Å². The molecule has 28 heavy (non-hydrogen) atoms. The molecule has 1 aromatic heterocycles. The van der Waals surface area contributed by atoms with E-state index in [4.69, 9.17) is 9.47 Å². The maximum Gasteiger partial charge on any atom is 0.319 e. The number of hydrogen-bond acceptors (Lipinski definition) is 4. The predicted molar refractivity (Wildman–Crippen MR) is 104 cm³/mol. The fraction of sp³-hybridized carbons (Fsp3) is 0.524. The lowest BCUT2D eigenvalue weighted by Crippen LogP contribution is -2.40. The van der Waals surface area contributed by atoms with E-state index in [0.717, 1.165) is 48.9 Å². The highest BCUT2D eigenvalue weighted by Gasteiger charge is 2.34. The second-order valence-corrected chi connectivity index (χ2v) is 7.91. The van der Waals surface area contributed by atoms with E-state index < -0.39 is 0 Å². The Bertz CT molecular complexity index is 861. The van der Waals surface area contributed by atoms with Crippen molar-refractivity contribution >= 4 is 11.7 Å². The summed E-state index contributed by atoms with van der Waals surface area (Å²) in [6.45, 7) is 2.86. The normalized spacial score (nSPS) is 24.0. The highest BCUT2D eigenvalue weighted by Crippen LogP contribution is 2.34. The minimum atomic E-state index is -0.201. The van der Waals surface area contributed by atoms with Crippen LogP contribution in [0, 0.1) is 5.92 Å². The number of nitrogens with one attached hydrogen (secondary N) is 2. The fourth-order valence-electron chi connectivity index (χ4n) is 4.15. The van der Waals surface area contributed by atoms with Gasteiger partial charge in [-0.1, -0.05) is 12.1 Å². The van der Waals surface area contributed by atoms with Crippen LogP contribution in [0.4, 0.5) is 10.5 Å². The molecule has 2 N–H and O–H groups in total. The molecule has 3 aliphatic rings. The van der Waals surface area contributed by atoms with E-state index in [-0.39, 0.29) is 18.2 Å². The summed E-state index contributed by atoms with van der Waals surface area (Å²) < 4.78 is 13.6. The molecular weight excluding hydrogens is 356 g/mol. The summed E-state index contributed by atoms with van der Waals surface area (Å²) in [4.78, 5) is 12.7.